The van der Waals surface area contributed by atoms with E-state index in [0.29, 0.717) is 17.2 Å². The normalized spacial score (nSPS) is 10.7. The average Bonchev–Trinajstić information content (AvgIpc) is 2.69. The van der Waals surface area contributed by atoms with Crippen LogP contribution in [-0.2, 0) is 4.79 Å². The minimum absolute atomic E-state index is 0.0267. The van der Waals surface area contributed by atoms with Crippen molar-refractivity contribution in [2.75, 3.05) is 5.32 Å². The van der Waals surface area contributed by atoms with E-state index < -0.39 is 5.91 Å². The third-order valence-electron chi connectivity index (χ3n) is 3.96. The Hall–Kier alpha value is -3.84. The number of hydrogen-bond donors (Lipinski definition) is 1. The Morgan fingerprint density at radius 2 is 1.63 bits per heavy atom. The first kappa shape index (κ1) is 18.0. The SMILES string of the molecule is Cc1ccccc1/C=C(\C#N)C(=O)Nc1ccccc1Oc1ccccc1. The number of rotatable bonds is 5. The summed E-state index contributed by atoms with van der Waals surface area (Å²) in [7, 11) is 0. The van der Waals surface area contributed by atoms with Crippen LogP contribution in [0.5, 0.6) is 11.5 Å². The van der Waals surface area contributed by atoms with Gasteiger partial charge in [0.1, 0.15) is 17.4 Å². The lowest BCUT2D eigenvalue weighted by Crippen LogP contribution is -2.14. The number of hydrogen-bond acceptors (Lipinski definition) is 3. The van der Waals surface area contributed by atoms with Gasteiger partial charge in [-0.3, -0.25) is 4.79 Å². The van der Waals surface area contributed by atoms with E-state index in [1.54, 1.807) is 24.3 Å². The van der Waals surface area contributed by atoms with Gasteiger partial charge < -0.3 is 10.1 Å². The van der Waals surface area contributed by atoms with Crippen LogP contribution in [0.3, 0.4) is 0 Å². The summed E-state index contributed by atoms with van der Waals surface area (Å²) in [5, 5.41) is 12.2. The minimum Gasteiger partial charge on any atom is -0.455 e. The number of carbonyl (C=O) groups is 1. The largest absolute Gasteiger partial charge is 0.455 e. The van der Waals surface area contributed by atoms with Crippen LogP contribution < -0.4 is 10.1 Å². The molecule has 4 heteroatoms. The van der Waals surface area contributed by atoms with Crippen molar-refractivity contribution >= 4 is 17.7 Å². The van der Waals surface area contributed by atoms with Gasteiger partial charge in [-0.1, -0.05) is 54.6 Å². The summed E-state index contributed by atoms with van der Waals surface area (Å²) < 4.78 is 5.84. The van der Waals surface area contributed by atoms with Crippen molar-refractivity contribution in [1.82, 2.24) is 0 Å². The molecule has 0 aliphatic heterocycles. The van der Waals surface area contributed by atoms with Gasteiger partial charge in [0.2, 0.25) is 0 Å². The number of para-hydroxylation sites is 3. The molecule has 132 valence electrons. The first-order chi connectivity index (χ1) is 13.2. The molecule has 1 N–H and O–H groups in total. The van der Waals surface area contributed by atoms with Crippen molar-refractivity contribution in [2.45, 2.75) is 6.92 Å². The number of amides is 1. The smallest absolute Gasteiger partial charge is 0.266 e. The Morgan fingerprint density at radius 1 is 0.963 bits per heavy atom. The van der Waals surface area contributed by atoms with E-state index in [-0.39, 0.29) is 5.57 Å². The Labute approximate surface area is 158 Å². The molecule has 0 heterocycles. The highest BCUT2D eigenvalue weighted by Crippen LogP contribution is 2.29. The monoisotopic (exact) mass is 354 g/mol. The van der Waals surface area contributed by atoms with E-state index in [9.17, 15) is 10.1 Å². The number of benzene rings is 3. The molecule has 0 atom stereocenters. The van der Waals surface area contributed by atoms with Crippen molar-refractivity contribution < 1.29 is 9.53 Å². The lowest BCUT2D eigenvalue weighted by molar-refractivity contribution is -0.112. The molecule has 0 saturated heterocycles. The van der Waals surface area contributed by atoms with E-state index in [0.717, 1.165) is 11.1 Å². The highest BCUT2D eigenvalue weighted by Gasteiger charge is 2.13. The maximum Gasteiger partial charge on any atom is 0.266 e. The van der Waals surface area contributed by atoms with Crippen LogP contribution in [0.1, 0.15) is 11.1 Å². The highest BCUT2D eigenvalue weighted by atomic mass is 16.5. The molecular formula is C23H18N2O2. The van der Waals surface area contributed by atoms with E-state index in [4.69, 9.17) is 4.74 Å². The maximum atomic E-state index is 12.6. The van der Waals surface area contributed by atoms with Gasteiger partial charge in [0.25, 0.3) is 5.91 Å². The Kier molecular flexibility index (Phi) is 5.66. The van der Waals surface area contributed by atoms with E-state index >= 15 is 0 Å². The second kappa shape index (κ2) is 8.50. The van der Waals surface area contributed by atoms with Crippen LogP contribution in [0.15, 0.2) is 84.4 Å². The molecule has 1 amide bonds. The van der Waals surface area contributed by atoms with Crippen molar-refractivity contribution in [1.29, 1.82) is 5.26 Å². The molecule has 0 aromatic heterocycles. The fourth-order valence-corrected chi connectivity index (χ4v) is 2.52. The predicted molar refractivity (Wildman–Crippen MR) is 106 cm³/mol. The lowest BCUT2D eigenvalue weighted by Gasteiger charge is -2.12. The van der Waals surface area contributed by atoms with Crippen LogP contribution in [0.4, 0.5) is 5.69 Å². The topological polar surface area (TPSA) is 62.1 Å². The molecule has 0 unspecified atom stereocenters. The number of nitrogens with zero attached hydrogens (tertiary/aromatic N) is 1. The summed E-state index contributed by atoms with van der Waals surface area (Å²) >= 11 is 0. The van der Waals surface area contributed by atoms with Gasteiger partial charge >= 0.3 is 0 Å². The van der Waals surface area contributed by atoms with Crippen LogP contribution in [0.25, 0.3) is 6.08 Å². The van der Waals surface area contributed by atoms with Gasteiger partial charge in [-0.05, 0) is 48.4 Å². The summed E-state index contributed by atoms with van der Waals surface area (Å²) in [6, 6.07) is 26.0. The summed E-state index contributed by atoms with van der Waals surface area (Å²) in [5.41, 5.74) is 2.35. The fourth-order valence-electron chi connectivity index (χ4n) is 2.52. The minimum atomic E-state index is -0.482. The van der Waals surface area contributed by atoms with Crippen LogP contribution in [0.2, 0.25) is 0 Å². The highest BCUT2D eigenvalue weighted by molar-refractivity contribution is 6.10. The van der Waals surface area contributed by atoms with Gasteiger partial charge in [0.15, 0.2) is 5.75 Å². The summed E-state index contributed by atoms with van der Waals surface area (Å²) in [5.74, 6) is 0.685. The second-order valence-corrected chi connectivity index (χ2v) is 5.89. The van der Waals surface area contributed by atoms with Crippen LogP contribution in [0, 0.1) is 18.3 Å². The number of carbonyl (C=O) groups excluding carboxylic acids is 1. The zero-order chi connectivity index (χ0) is 19.1. The zero-order valence-electron chi connectivity index (χ0n) is 14.8. The lowest BCUT2D eigenvalue weighted by atomic mass is 10.1. The number of ether oxygens (including phenoxy) is 1. The summed E-state index contributed by atoms with van der Waals surface area (Å²) in [4.78, 5) is 12.6. The first-order valence-corrected chi connectivity index (χ1v) is 8.48. The third-order valence-corrected chi connectivity index (χ3v) is 3.96. The molecular weight excluding hydrogens is 336 g/mol. The Bertz CT molecular complexity index is 1020. The van der Waals surface area contributed by atoms with E-state index in [2.05, 4.69) is 5.32 Å². The van der Waals surface area contributed by atoms with E-state index in [1.165, 1.54) is 0 Å². The molecule has 3 aromatic rings. The Balaban J connectivity index is 1.83. The Morgan fingerprint density at radius 3 is 2.37 bits per heavy atom. The van der Waals surface area contributed by atoms with Gasteiger partial charge in [-0.2, -0.15) is 5.26 Å². The van der Waals surface area contributed by atoms with Crippen LogP contribution in [-0.4, -0.2) is 5.91 Å². The second-order valence-electron chi connectivity index (χ2n) is 5.89. The van der Waals surface area contributed by atoms with Crippen LogP contribution >= 0.6 is 0 Å². The molecule has 0 aliphatic rings. The van der Waals surface area contributed by atoms with Crippen molar-refractivity contribution in [3.05, 3.63) is 95.6 Å². The third kappa shape index (κ3) is 4.62. The van der Waals surface area contributed by atoms with Gasteiger partial charge in [-0.25, -0.2) is 0 Å². The van der Waals surface area contributed by atoms with E-state index in [1.807, 2.05) is 73.7 Å². The fraction of sp³-hybridized carbons (Fsp3) is 0.0435. The maximum absolute atomic E-state index is 12.6. The van der Waals surface area contributed by atoms with Gasteiger partial charge in [0, 0.05) is 0 Å². The predicted octanol–water partition coefficient (Wildman–Crippen LogP) is 5.33. The zero-order valence-corrected chi connectivity index (χ0v) is 14.8. The molecule has 0 radical (unpaired) electrons. The van der Waals surface area contributed by atoms with Crippen molar-refractivity contribution in [2.24, 2.45) is 0 Å². The molecule has 0 bridgehead atoms. The summed E-state index contributed by atoms with van der Waals surface area (Å²) in [6.45, 7) is 1.93. The van der Waals surface area contributed by atoms with Crippen molar-refractivity contribution in [3.63, 3.8) is 0 Å². The number of anilines is 1. The summed E-state index contributed by atoms with van der Waals surface area (Å²) in [6.07, 6.45) is 1.59. The molecule has 0 spiro atoms. The van der Waals surface area contributed by atoms with Gasteiger partial charge in [0.05, 0.1) is 5.69 Å². The molecule has 27 heavy (non-hydrogen) atoms. The number of nitrogens with one attached hydrogen (secondary N) is 1. The molecule has 3 aromatic carbocycles. The first-order valence-electron chi connectivity index (χ1n) is 8.48. The molecule has 0 saturated carbocycles. The number of aryl methyl sites for hydroxylation is 1. The molecule has 0 aliphatic carbocycles. The standard InChI is InChI=1S/C23H18N2O2/c1-17-9-5-6-10-18(17)15-19(16-24)23(26)25-21-13-7-8-14-22(21)27-20-11-3-2-4-12-20/h2-15H,1H3,(H,25,26)/b19-15+. The number of nitriles is 1. The molecule has 4 nitrogen and oxygen atoms in total. The van der Waals surface area contributed by atoms with Crippen molar-refractivity contribution in [3.8, 4) is 17.6 Å². The molecule has 0 fully saturated rings. The molecule has 3 rings (SSSR count). The van der Waals surface area contributed by atoms with Gasteiger partial charge in [-0.15, -0.1) is 0 Å². The quantitative estimate of drug-likeness (QED) is 0.497. The average molecular weight is 354 g/mol.